The summed E-state index contributed by atoms with van der Waals surface area (Å²) in [6.45, 7) is 2.06. The van der Waals surface area contributed by atoms with Crippen LogP contribution in [0.3, 0.4) is 0 Å². The summed E-state index contributed by atoms with van der Waals surface area (Å²) in [5.41, 5.74) is 2.26. The van der Waals surface area contributed by atoms with Crippen LogP contribution in [0.5, 0.6) is 0 Å². The van der Waals surface area contributed by atoms with Crippen LogP contribution in [-0.4, -0.2) is 0 Å². The Labute approximate surface area is 99.4 Å². The number of hydrogen-bond acceptors (Lipinski definition) is 1. The van der Waals surface area contributed by atoms with Crippen molar-refractivity contribution in [1.82, 2.24) is 0 Å². The Kier molecular flexibility index (Phi) is 2.79. The first-order chi connectivity index (χ1) is 6.68. The second kappa shape index (κ2) is 3.91. The molecule has 72 valence electrons. The molecule has 0 saturated carbocycles. The van der Waals surface area contributed by atoms with E-state index in [4.69, 9.17) is 4.42 Å². The van der Waals surface area contributed by atoms with Crippen LogP contribution in [0, 0.1) is 6.92 Å². The quantitative estimate of drug-likeness (QED) is 0.738. The predicted molar refractivity (Wildman–Crippen MR) is 64.3 cm³/mol. The molecule has 2 rings (SSSR count). The molecule has 0 spiro atoms. The highest BCUT2D eigenvalue weighted by Gasteiger charge is 2.07. The van der Waals surface area contributed by atoms with E-state index in [-0.39, 0.29) is 0 Å². The standard InChI is InChI=1S/C11H8Br2O/c1-7-5-10(13)8(6-9(7)12)11-3-2-4-14-11/h2-6H,1H3. The van der Waals surface area contributed by atoms with Crippen molar-refractivity contribution in [3.05, 3.63) is 45.0 Å². The lowest BCUT2D eigenvalue weighted by Gasteiger charge is -2.04. The summed E-state index contributed by atoms with van der Waals surface area (Å²) >= 11 is 7.03. The zero-order valence-electron chi connectivity index (χ0n) is 7.55. The number of benzene rings is 1. The molecule has 0 amide bonds. The molecule has 3 heteroatoms. The minimum Gasteiger partial charge on any atom is -0.464 e. The largest absolute Gasteiger partial charge is 0.464 e. The molecule has 0 bridgehead atoms. The van der Waals surface area contributed by atoms with E-state index in [1.54, 1.807) is 6.26 Å². The maximum atomic E-state index is 5.34. The molecule has 1 aromatic carbocycles. The van der Waals surface area contributed by atoms with E-state index >= 15 is 0 Å². The topological polar surface area (TPSA) is 13.1 Å². The molecule has 2 aromatic rings. The zero-order chi connectivity index (χ0) is 10.1. The average Bonchev–Trinajstić information content (AvgIpc) is 2.64. The van der Waals surface area contributed by atoms with Crippen LogP contribution in [0.15, 0.2) is 43.9 Å². The third kappa shape index (κ3) is 1.79. The van der Waals surface area contributed by atoms with Gasteiger partial charge in [0, 0.05) is 14.5 Å². The minimum absolute atomic E-state index is 0.873. The second-order valence-corrected chi connectivity index (χ2v) is 4.77. The molecule has 14 heavy (non-hydrogen) atoms. The summed E-state index contributed by atoms with van der Waals surface area (Å²) in [6.07, 6.45) is 1.68. The van der Waals surface area contributed by atoms with Gasteiger partial charge < -0.3 is 4.42 Å². The van der Waals surface area contributed by atoms with Crippen LogP contribution in [0.25, 0.3) is 11.3 Å². The molecule has 0 N–H and O–H groups in total. The lowest BCUT2D eigenvalue weighted by molar-refractivity contribution is 0.582. The summed E-state index contributed by atoms with van der Waals surface area (Å²) < 4.78 is 7.48. The maximum Gasteiger partial charge on any atom is 0.135 e. The van der Waals surface area contributed by atoms with Gasteiger partial charge in [-0.1, -0.05) is 31.9 Å². The highest BCUT2D eigenvalue weighted by Crippen LogP contribution is 2.33. The van der Waals surface area contributed by atoms with Gasteiger partial charge >= 0.3 is 0 Å². The second-order valence-electron chi connectivity index (χ2n) is 3.06. The van der Waals surface area contributed by atoms with E-state index in [1.807, 2.05) is 12.1 Å². The van der Waals surface area contributed by atoms with Crippen molar-refractivity contribution in [2.45, 2.75) is 6.92 Å². The first-order valence-electron chi connectivity index (χ1n) is 4.18. The van der Waals surface area contributed by atoms with Crippen LogP contribution in [0.4, 0.5) is 0 Å². The molecule has 0 fully saturated rings. The number of hydrogen-bond donors (Lipinski definition) is 0. The lowest BCUT2D eigenvalue weighted by atomic mass is 10.1. The third-order valence-corrected chi connectivity index (χ3v) is 3.55. The average molecular weight is 316 g/mol. The molecule has 1 aromatic heterocycles. The van der Waals surface area contributed by atoms with Crippen molar-refractivity contribution >= 4 is 31.9 Å². The fraction of sp³-hybridized carbons (Fsp3) is 0.0909. The van der Waals surface area contributed by atoms with E-state index in [2.05, 4.69) is 50.9 Å². The Balaban J connectivity index is 2.60. The summed E-state index contributed by atoms with van der Waals surface area (Å²) in [7, 11) is 0. The van der Waals surface area contributed by atoms with Crippen LogP contribution in [-0.2, 0) is 0 Å². The Hall–Kier alpha value is -0.540. The van der Waals surface area contributed by atoms with E-state index in [1.165, 1.54) is 5.56 Å². The van der Waals surface area contributed by atoms with Crippen LogP contribution < -0.4 is 0 Å². The molecular formula is C11H8Br2O. The smallest absolute Gasteiger partial charge is 0.135 e. The van der Waals surface area contributed by atoms with Gasteiger partial charge in [-0.3, -0.25) is 0 Å². The molecule has 1 heterocycles. The molecule has 1 nitrogen and oxygen atoms in total. The van der Waals surface area contributed by atoms with Crippen molar-refractivity contribution in [2.75, 3.05) is 0 Å². The Bertz CT molecular complexity index is 447. The van der Waals surface area contributed by atoms with E-state index < -0.39 is 0 Å². The van der Waals surface area contributed by atoms with Crippen LogP contribution >= 0.6 is 31.9 Å². The summed E-state index contributed by atoms with van der Waals surface area (Å²) in [5, 5.41) is 0. The Morgan fingerprint density at radius 2 is 1.93 bits per heavy atom. The highest BCUT2D eigenvalue weighted by atomic mass is 79.9. The van der Waals surface area contributed by atoms with Crippen molar-refractivity contribution in [1.29, 1.82) is 0 Å². The first-order valence-corrected chi connectivity index (χ1v) is 5.76. The maximum absolute atomic E-state index is 5.34. The number of aryl methyl sites for hydroxylation is 1. The van der Waals surface area contributed by atoms with Gasteiger partial charge in [0.25, 0.3) is 0 Å². The molecule has 0 atom stereocenters. The van der Waals surface area contributed by atoms with Gasteiger partial charge in [-0.05, 0) is 36.8 Å². The number of furan rings is 1. The summed E-state index contributed by atoms with van der Waals surface area (Å²) in [4.78, 5) is 0. The molecule has 0 saturated heterocycles. The molecule has 0 unspecified atom stereocenters. The zero-order valence-corrected chi connectivity index (χ0v) is 10.7. The van der Waals surface area contributed by atoms with Crippen molar-refractivity contribution < 1.29 is 4.42 Å². The van der Waals surface area contributed by atoms with Gasteiger partial charge in [0.15, 0.2) is 0 Å². The normalized spacial score (nSPS) is 10.5. The highest BCUT2D eigenvalue weighted by molar-refractivity contribution is 9.11. The van der Waals surface area contributed by atoms with E-state index in [0.717, 1.165) is 20.3 Å². The molecule has 0 aliphatic carbocycles. The Morgan fingerprint density at radius 3 is 2.57 bits per heavy atom. The molecule has 0 radical (unpaired) electrons. The van der Waals surface area contributed by atoms with Crippen LogP contribution in [0.1, 0.15) is 5.56 Å². The fourth-order valence-corrected chi connectivity index (χ4v) is 2.26. The molecular weight excluding hydrogens is 308 g/mol. The van der Waals surface area contributed by atoms with Crippen molar-refractivity contribution in [3.63, 3.8) is 0 Å². The SMILES string of the molecule is Cc1cc(Br)c(-c2ccco2)cc1Br. The van der Waals surface area contributed by atoms with Crippen molar-refractivity contribution in [2.24, 2.45) is 0 Å². The first kappa shape index (κ1) is 9.99. The summed E-state index contributed by atoms with van der Waals surface area (Å²) in [6, 6.07) is 7.96. The monoisotopic (exact) mass is 314 g/mol. The summed E-state index contributed by atoms with van der Waals surface area (Å²) in [5.74, 6) is 0.873. The van der Waals surface area contributed by atoms with Crippen LogP contribution in [0.2, 0.25) is 0 Å². The van der Waals surface area contributed by atoms with Gasteiger partial charge in [-0.25, -0.2) is 0 Å². The van der Waals surface area contributed by atoms with Gasteiger partial charge in [-0.2, -0.15) is 0 Å². The van der Waals surface area contributed by atoms with Crippen molar-refractivity contribution in [3.8, 4) is 11.3 Å². The molecule has 0 aliphatic rings. The minimum atomic E-state index is 0.873. The number of halogens is 2. The number of rotatable bonds is 1. The predicted octanol–water partition coefficient (Wildman–Crippen LogP) is 4.78. The van der Waals surface area contributed by atoms with Gasteiger partial charge in [-0.15, -0.1) is 0 Å². The Morgan fingerprint density at radius 1 is 1.14 bits per heavy atom. The van der Waals surface area contributed by atoms with Gasteiger partial charge in [0.2, 0.25) is 0 Å². The van der Waals surface area contributed by atoms with E-state index in [9.17, 15) is 0 Å². The van der Waals surface area contributed by atoms with Gasteiger partial charge in [0.1, 0.15) is 5.76 Å². The third-order valence-electron chi connectivity index (χ3n) is 2.03. The van der Waals surface area contributed by atoms with E-state index in [0.29, 0.717) is 0 Å². The lowest BCUT2D eigenvalue weighted by Crippen LogP contribution is -1.81. The fourth-order valence-electron chi connectivity index (χ4n) is 1.27. The molecule has 0 aliphatic heterocycles. The van der Waals surface area contributed by atoms with Gasteiger partial charge in [0.05, 0.1) is 6.26 Å².